The van der Waals surface area contributed by atoms with Crippen LogP contribution in [-0.2, 0) is 5.67 Å². The van der Waals surface area contributed by atoms with Gasteiger partial charge >= 0.3 is 0 Å². The van der Waals surface area contributed by atoms with E-state index in [2.05, 4.69) is 0 Å². The molecule has 0 aromatic heterocycles. The van der Waals surface area contributed by atoms with Crippen LogP contribution < -0.4 is 10.5 Å². The molecule has 13 heavy (non-hydrogen) atoms. The molecule has 2 N–H and O–H groups in total. The van der Waals surface area contributed by atoms with Gasteiger partial charge < -0.3 is 10.5 Å². The molecule has 1 rings (SSSR count). The molecule has 1 atom stereocenters. The Morgan fingerprint density at radius 1 is 1.54 bits per heavy atom. The molecule has 1 aromatic rings. The lowest BCUT2D eigenvalue weighted by Crippen LogP contribution is -2.26. The van der Waals surface area contributed by atoms with E-state index in [-0.39, 0.29) is 6.54 Å². The van der Waals surface area contributed by atoms with Crippen LogP contribution in [0.25, 0.3) is 0 Å². The molecule has 0 heterocycles. The van der Waals surface area contributed by atoms with Crippen LogP contribution in [0.1, 0.15) is 12.5 Å². The maximum Gasteiger partial charge on any atom is 0.145 e. The van der Waals surface area contributed by atoms with Crippen LogP contribution in [-0.4, -0.2) is 13.7 Å². The van der Waals surface area contributed by atoms with Crippen molar-refractivity contribution in [2.75, 3.05) is 13.7 Å². The van der Waals surface area contributed by atoms with E-state index in [9.17, 15) is 4.39 Å². The van der Waals surface area contributed by atoms with Crippen molar-refractivity contribution in [1.29, 1.82) is 0 Å². The third-order valence-corrected chi connectivity index (χ3v) is 2.05. The van der Waals surface area contributed by atoms with E-state index in [0.717, 1.165) is 0 Å². The predicted octanol–water partition coefficient (Wildman–Crippen LogP) is 1.84. The minimum absolute atomic E-state index is 0.0276. The molecule has 2 nitrogen and oxygen atoms in total. The highest BCUT2D eigenvalue weighted by Gasteiger charge is 2.23. The van der Waals surface area contributed by atoms with Gasteiger partial charge in [-0.05, 0) is 24.6 Å². The molecule has 0 aliphatic carbocycles. The highest BCUT2D eigenvalue weighted by Crippen LogP contribution is 2.26. The van der Waals surface area contributed by atoms with E-state index < -0.39 is 5.67 Å². The van der Waals surface area contributed by atoms with Gasteiger partial charge in [-0.15, -0.1) is 0 Å². The summed E-state index contributed by atoms with van der Waals surface area (Å²) >= 11 is 0. The van der Waals surface area contributed by atoms with Crippen LogP contribution in [0.3, 0.4) is 0 Å². The summed E-state index contributed by atoms with van der Waals surface area (Å²) in [5, 5.41) is 0. The topological polar surface area (TPSA) is 35.2 Å². The normalized spacial score (nSPS) is 15.1. The minimum Gasteiger partial charge on any atom is -0.497 e. The third-order valence-electron chi connectivity index (χ3n) is 2.05. The number of alkyl halides is 1. The highest BCUT2D eigenvalue weighted by atomic mass is 19.1. The number of hydrogen-bond donors (Lipinski definition) is 1. The fourth-order valence-electron chi connectivity index (χ4n) is 1.07. The minimum atomic E-state index is -1.48. The first-order chi connectivity index (χ1) is 6.10. The van der Waals surface area contributed by atoms with Crippen molar-refractivity contribution in [3.8, 4) is 5.75 Å². The van der Waals surface area contributed by atoms with Gasteiger partial charge in [0, 0.05) is 6.54 Å². The zero-order chi connectivity index (χ0) is 9.90. The summed E-state index contributed by atoms with van der Waals surface area (Å²) in [5.41, 5.74) is 4.39. The third kappa shape index (κ3) is 2.18. The second kappa shape index (κ2) is 3.75. The molecule has 3 heteroatoms. The van der Waals surface area contributed by atoms with Crippen molar-refractivity contribution < 1.29 is 9.13 Å². The van der Waals surface area contributed by atoms with Crippen LogP contribution in [0.15, 0.2) is 24.3 Å². The van der Waals surface area contributed by atoms with Crippen molar-refractivity contribution >= 4 is 0 Å². The lowest BCUT2D eigenvalue weighted by molar-refractivity contribution is 0.203. The molecule has 0 fully saturated rings. The van der Waals surface area contributed by atoms with E-state index >= 15 is 0 Å². The standard InChI is InChI=1S/C10H14FNO/c1-10(11,7-12)8-4-3-5-9(6-8)13-2/h3-6H,7,12H2,1-2H3. The largest absolute Gasteiger partial charge is 0.497 e. The first-order valence-corrected chi connectivity index (χ1v) is 4.13. The van der Waals surface area contributed by atoms with Crippen LogP contribution >= 0.6 is 0 Å². The fraction of sp³-hybridized carbons (Fsp3) is 0.400. The quantitative estimate of drug-likeness (QED) is 0.776. The van der Waals surface area contributed by atoms with E-state index in [4.69, 9.17) is 10.5 Å². The van der Waals surface area contributed by atoms with Gasteiger partial charge in [0.05, 0.1) is 7.11 Å². The summed E-state index contributed by atoms with van der Waals surface area (Å²) in [6, 6.07) is 6.89. The summed E-state index contributed by atoms with van der Waals surface area (Å²) in [7, 11) is 1.55. The Balaban J connectivity index is 3.01. The molecular formula is C10H14FNO. The molecule has 0 aliphatic heterocycles. The van der Waals surface area contributed by atoms with Gasteiger partial charge in [0.2, 0.25) is 0 Å². The molecular weight excluding hydrogens is 169 g/mol. The van der Waals surface area contributed by atoms with Gasteiger partial charge in [0.15, 0.2) is 0 Å². The van der Waals surface area contributed by atoms with Crippen molar-refractivity contribution in [1.82, 2.24) is 0 Å². The van der Waals surface area contributed by atoms with Crippen molar-refractivity contribution in [3.63, 3.8) is 0 Å². The molecule has 0 radical (unpaired) electrons. The molecule has 0 spiro atoms. The molecule has 0 bridgehead atoms. The molecule has 1 aromatic carbocycles. The van der Waals surface area contributed by atoms with E-state index in [0.29, 0.717) is 11.3 Å². The second-order valence-corrected chi connectivity index (χ2v) is 3.13. The Kier molecular flexibility index (Phi) is 2.88. The molecule has 0 aliphatic rings. The maximum absolute atomic E-state index is 13.7. The first-order valence-electron chi connectivity index (χ1n) is 4.13. The summed E-state index contributed by atoms with van der Waals surface area (Å²) in [5.74, 6) is 0.648. The summed E-state index contributed by atoms with van der Waals surface area (Å²) in [6.07, 6.45) is 0. The molecule has 1 unspecified atom stereocenters. The monoisotopic (exact) mass is 183 g/mol. The van der Waals surface area contributed by atoms with E-state index in [1.54, 1.807) is 31.4 Å². The Hall–Kier alpha value is -1.09. The molecule has 72 valence electrons. The Bertz CT molecular complexity index is 286. The lowest BCUT2D eigenvalue weighted by atomic mass is 9.98. The Morgan fingerprint density at radius 3 is 2.77 bits per heavy atom. The van der Waals surface area contributed by atoms with Gasteiger partial charge in [-0.1, -0.05) is 12.1 Å². The molecule has 0 amide bonds. The van der Waals surface area contributed by atoms with Crippen LogP contribution in [0.2, 0.25) is 0 Å². The van der Waals surface area contributed by atoms with Gasteiger partial charge in [-0.2, -0.15) is 0 Å². The Morgan fingerprint density at radius 2 is 2.23 bits per heavy atom. The number of hydrogen-bond acceptors (Lipinski definition) is 2. The van der Waals surface area contributed by atoms with Crippen molar-refractivity contribution in [2.45, 2.75) is 12.6 Å². The number of benzene rings is 1. The lowest BCUT2D eigenvalue weighted by Gasteiger charge is -2.18. The van der Waals surface area contributed by atoms with Crippen molar-refractivity contribution in [2.24, 2.45) is 5.73 Å². The summed E-state index contributed by atoms with van der Waals surface area (Å²) in [6.45, 7) is 1.43. The van der Waals surface area contributed by atoms with Crippen LogP contribution in [0.4, 0.5) is 4.39 Å². The average molecular weight is 183 g/mol. The SMILES string of the molecule is COc1cccc(C(C)(F)CN)c1. The van der Waals surface area contributed by atoms with Gasteiger partial charge in [-0.25, -0.2) is 4.39 Å². The van der Waals surface area contributed by atoms with Gasteiger partial charge in [0.25, 0.3) is 0 Å². The Labute approximate surface area is 77.5 Å². The maximum atomic E-state index is 13.7. The van der Waals surface area contributed by atoms with Crippen LogP contribution in [0, 0.1) is 0 Å². The second-order valence-electron chi connectivity index (χ2n) is 3.13. The fourth-order valence-corrected chi connectivity index (χ4v) is 1.07. The summed E-state index contributed by atoms with van der Waals surface area (Å²) in [4.78, 5) is 0. The predicted molar refractivity (Wildman–Crippen MR) is 50.5 cm³/mol. The first kappa shape index (κ1) is 9.99. The van der Waals surface area contributed by atoms with E-state index in [1.165, 1.54) is 6.92 Å². The zero-order valence-corrected chi connectivity index (χ0v) is 7.88. The number of nitrogens with two attached hydrogens (primary N) is 1. The molecule has 0 saturated heterocycles. The van der Waals surface area contributed by atoms with E-state index in [1.807, 2.05) is 0 Å². The zero-order valence-electron chi connectivity index (χ0n) is 7.88. The van der Waals surface area contributed by atoms with Crippen LogP contribution in [0.5, 0.6) is 5.75 Å². The van der Waals surface area contributed by atoms with Gasteiger partial charge in [-0.3, -0.25) is 0 Å². The number of rotatable bonds is 3. The average Bonchev–Trinajstić information content (AvgIpc) is 2.18. The highest BCUT2D eigenvalue weighted by molar-refractivity contribution is 5.32. The van der Waals surface area contributed by atoms with Crippen molar-refractivity contribution in [3.05, 3.63) is 29.8 Å². The smallest absolute Gasteiger partial charge is 0.145 e. The number of methoxy groups -OCH3 is 1. The number of ether oxygens (including phenoxy) is 1. The van der Waals surface area contributed by atoms with Gasteiger partial charge in [0.1, 0.15) is 11.4 Å². The number of halogens is 1. The molecule has 0 saturated carbocycles. The summed E-state index contributed by atoms with van der Waals surface area (Å²) < 4.78 is 18.7.